The molecule has 0 radical (unpaired) electrons. The van der Waals surface area contributed by atoms with Crippen molar-refractivity contribution in [2.75, 3.05) is 81.0 Å². The van der Waals surface area contributed by atoms with Crippen LogP contribution in [0.5, 0.6) is 0 Å². The molecular weight excluding hydrogens is 1860 g/mol. The quantitative estimate of drug-likeness (QED) is 0.0225. The first kappa shape index (κ1) is 100. The van der Waals surface area contributed by atoms with Crippen molar-refractivity contribution in [1.82, 2.24) is 80.7 Å². The van der Waals surface area contributed by atoms with Gasteiger partial charge < -0.3 is 94.2 Å². The Morgan fingerprint density at radius 1 is 0.403 bits per heavy atom. The lowest BCUT2D eigenvalue weighted by atomic mass is 9.90. The summed E-state index contributed by atoms with van der Waals surface area (Å²) in [6.07, 6.45) is 14.9. The number of fused-ring (bicyclic) bond motifs is 6. The van der Waals surface area contributed by atoms with Crippen LogP contribution in [0.15, 0.2) is 146 Å². The highest BCUT2D eigenvalue weighted by Gasteiger charge is 2.58. The van der Waals surface area contributed by atoms with E-state index in [0.29, 0.717) is 157 Å². The van der Waals surface area contributed by atoms with E-state index >= 15 is 17.6 Å². The van der Waals surface area contributed by atoms with E-state index in [-0.39, 0.29) is 105 Å². The Bertz CT molecular complexity index is 6490. The van der Waals surface area contributed by atoms with Gasteiger partial charge in [0.2, 0.25) is 17.7 Å². The molecule has 4 aliphatic carbocycles. The van der Waals surface area contributed by atoms with Gasteiger partial charge in [0.05, 0.1) is 100 Å². The van der Waals surface area contributed by atoms with Gasteiger partial charge in [0.15, 0.2) is 0 Å². The summed E-state index contributed by atoms with van der Waals surface area (Å²) in [6, 6.07) is 31.6. The Morgan fingerprint density at radius 3 is 1.07 bits per heavy atom. The fraction of sp³-hybridized carbons (Fsp3) is 0.467. The fourth-order valence-corrected chi connectivity index (χ4v) is 21.6. The number of imidazole rings is 4. The van der Waals surface area contributed by atoms with Gasteiger partial charge in [-0.3, -0.25) is 19.3 Å². The van der Waals surface area contributed by atoms with Crippen molar-refractivity contribution in [3.05, 3.63) is 192 Å². The number of alkyl carbamates (subject to hydrolysis) is 4. The second kappa shape index (κ2) is 40.7. The standard InChI is InChI=1S/C51H56F2N8O7.C47H51F2N7O5.C9H15NO5/c1-28(2)42(58-48(64)66-3)46(62)61-27-50(17-18-50)24-41(61)45-55-26-39(57-45)33-12-14-35-34-13-11-32(22-36(34)51(52,53)37(35)23-33)29-7-9-30(10-8-29)38-25-54-44(56-38)40-6-5-19-60(40)47(63)43(59-49(65)67-4)31-15-20-68-21-16-31;1-26(2)39(54-43(58)60-6)42(57)56-25-46(17-18-46)22-38(56)41-51-24-36(53-41)30-14-16-32-31-15-13-29(20-33(31)47(48,49)34(32)21-30)27-9-11-28(12-10-27)35-23-50-40(52-35)37-8-7-19-55(37)44(59)61-45(3,4)5;1-14-9(13)10-7(8(11)12)6-2-4-15-5-3-6/h7-14,22-23,25-26,28,31,40-43H,5-6,15-21,24,27H2,1-4H3,(H,54,56)(H,55,57)(H,58,64)(H,59,65);9-16,20-21,23-24,26,37-39H,7-8,17-19,22,25H2,1-6H3,(H,50,52)(H,51,53)(H,54,58);6-7H,2-5H2,1H3,(H,10,13)(H,11,12)/t40-,41-,42-,43-;37-,38-,39-;7-/m000/s1. The number of alkyl halides is 4. The highest BCUT2D eigenvalue weighted by Crippen LogP contribution is 2.61. The number of halogens is 4. The van der Waals surface area contributed by atoms with Crippen molar-refractivity contribution >= 4 is 54.2 Å². The number of hydrogen-bond acceptors (Lipinski definition) is 20. The Morgan fingerprint density at radius 2 is 0.715 bits per heavy atom. The molecule has 10 heterocycles. The van der Waals surface area contributed by atoms with E-state index in [1.54, 1.807) is 75.9 Å². The molecule has 6 aliphatic heterocycles. The predicted octanol–water partition coefficient (Wildman–Crippen LogP) is 18.5. The molecule has 10 aliphatic rings. The molecule has 37 heteroatoms. The topological polar surface area (TPSA) is 414 Å². The van der Waals surface area contributed by atoms with Crippen molar-refractivity contribution in [1.29, 1.82) is 0 Å². The summed E-state index contributed by atoms with van der Waals surface area (Å²) in [7, 11) is 5.03. The third kappa shape index (κ3) is 20.6. The molecule has 6 aromatic carbocycles. The number of amides is 8. The number of nitrogens with one attached hydrogen (secondary N) is 8. The zero-order valence-corrected chi connectivity index (χ0v) is 82.4. The number of aromatic nitrogens is 8. The van der Waals surface area contributed by atoms with Crippen LogP contribution in [0, 0.1) is 34.5 Å². The summed E-state index contributed by atoms with van der Waals surface area (Å²) < 4.78 is 101. The number of ether oxygens (including phenoxy) is 7. The molecule has 8 atom stereocenters. The summed E-state index contributed by atoms with van der Waals surface area (Å²) in [5.74, 6) is -6.11. The third-order valence-corrected chi connectivity index (χ3v) is 30.0. The third-order valence-electron chi connectivity index (χ3n) is 30.0. The smallest absolute Gasteiger partial charge is 0.410 e. The zero-order chi connectivity index (χ0) is 102. The monoisotopic (exact) mass is 1980 g/mol. The summed E-state index contributed by atoms with van der Waals surface area (Å²) in [5.41, 5.74) is 9.50. The van der Waals surface area contributed by atoms with E-state index in [1.165, 1.54) is 40.6 Å². The molecule has 20 rings (SSSR count). The maximum atomic E-state index is 16.6. The van der Waals surface area contributed by atoms with Crippen LogP contribution in [-0.2, 0) is 64.2 Å². The normalized spacial score (nSPS) is 20.5. The van der Waals surface area contributed by atoms with Crippen LogP contribution in [0.2, 0.25) is 0 Å². The van der Waals surface area contributed by atoms with E-state index in [0.717, 1.165) is 97.8 Å². The number of carboxylic acids is 1. The number of methoxy groups -OCH3 is 4. The second-order valence-electron chi connectivity index (χ2n) is 41.1. The first-order valence-electron chi connectivity index (χ1n) is 49.4. The lowest BCUT2D eigenvalue weighted by Gasteiger charge is -2.34. The van der Waals surface area contributed by atoms with Gasteiger partial charge in [-0.15, -0.1) is 0 Å². The van der Waals surface area contributed by atoms with E-state index in [9.17, 15) is 43.2 Å². The molecule has 2 spiro atoms. The molecular formula is C107H122F4N16O17. The van der Waals surface area contributed by atoms with E-state index in [1.807, 2.05) is 126 Å². The van der Waals surface area contributed by atoms with E-state index < -0.39 is 72.0 Å². The molecule has 9 N–H and O–H groups in total. The highest BCUT2D eigenvalue weighted by atomic mass is 19.3. The summed E-state index contributed by atoms with van der Waals surface area (Å²) in [5, 5.41) is 19.5. The van der Waals surface area contributed by atoms with E-state index in [2.05, 4.69) is 55.9 Å². The number of H-pyrrole nitrogens is 4. The summed E-state index contributed by atoms with van der Waals surface area (Å²) >= 11 is 0. The van der Waals surface area contributed by atoms with Crippen molar-refractivity contribution in [3.8, 4) is 89.5 Å². The van der Waals surface area contributed by atoms with Gasteiger partial charge in [-0.1, -0.05) is 125 Å². The molecule has 8 amide bonds. The predicted molar refractivity (Wildman–Crippen MR) is 523 cm³/mol. The second-order valence-corrected chi connectivity index (χ2v) is 41.1. The highest BCUT2D eigenvalue weighted by molar-refractivity contribution is 5.91. The lowest BCUT2D eigenvalue weighted by molar-refractivity contribution is -0.142. The first-order chi connectivity index (χ1) is 69.0. The molecule has 8 fully saturated rings. The van der Waals surface area contributed by atoms with E-state index in [4.69, 9.17) is 43.5 Å². The molecule has 144 heavy (non-hydrogen) atoms. The zero-order valence-electron chi connectivity index (χ0n) is 82.4. The van der Waals surface area contributed by atoms with Crippen molar-refractivity contribution in [3.63, 3.8) is 0 Å². The molecule has 0 bridgehead atoms. The molecule has 760 valence electrons. The van der Waals surface area contributed by atoms with Crippen LogP contribution in [0.25, 0.3) is 89.5 Å². The lowest BCUT2D eigenvalue weighted by Crippen LogP contribution is -2.53. The van der Waals surface area contributed by atoms with Crippen LogP contribution < -0.4 is 21.3 Å². The minimum atomic E-state index is -3.27. The van der Waals surface area contributed by atoms with Crippen LogP contribution in [-0.4, -0.2) is 230 Å². The van der Waals surface area contributed by atoms with Gasteiger partial charge in [0, 0.05) is 86.0 Å². The Hall–Kier alpha value is -14.0. The summed E-state index contributed by atoms with van der Waals surface area (Å²) in [6.45, 7) is 17.4. The Balaban J connectivity index is 0.000000166. The minimum Gasteiger partial charge on any atom is -0.480 e. The van der Waals surface area contributed by atoms with Gasteiger partial charge >= 0.3 is 36.4 Å². The number of carbonyl (C=O) groups excluding carboxylic acids is 8. The fourth-order valence-electron chi connectivity index (χ4n) is 21.6. The minimum absolute atomic E-state index is 0.0115. The number of carbonyl (C=O) groups is 9. The van der Waals surface area contributed by atoms with Crippen molar-refractivity contribution in [2.24, 2.45) is 34.5 Å². The van der Waals surface area contributed by atoms with Crippen molar-refractivity contribution in [2.45, 2.75) is 204 Å². The number of carboxylic acid groups (broad SMARTS) is 1. The maximum absolute atomic E-state index is 16.6. The number of hydrogen-bond donors (Lipinski definition) is 9. The number of rotatable bonds is 22. The maximum Gasteiger partial charge on any atom is 0.410 e. The molecule has 6 saturated heterocycles. The molecule has 0 unspecified atom stereocenters. The number of nitrogens with zero attached hydrogens (tertiary/aromatic N) is 8. The van der Waals surface area contributed by atoms with Gasteiger partial charge in [-0.05, 0) is 225 Å². The Kier molecular flexibility index (Phi) is 28.3. The van der Waals surface area contributed by atoms with Gasteiger partial charge in [0.25, 0.3) is 11.8 Å². The number of aliphatic carboxylic acids is 1. The molecule has 10 aromatic rings. The van der Waals surface area contributed by atoms with Crippen molar-refractivity contribution < 1.29 is 99.0 Å². The van der Waals surface area contributed by atoms with Crippen LogP contribution in [0.4, 0.5) is 41.5 Å². The van der Waals surface area contributed by atoms with Crippen LogP contribution in [0.3, 0.4) is 0 Å². The SMILES string of the molecule is COC(=O)N[C@H](C(=O)N1CC2(CC2)C[C@H]1c1ncc(-c2ccc3c(c2)C(F)(F)c2cc(-c4ccc(-c5cnc([C@@H]6CCCN6C(=O)OC(C)(C)C)[nH]5)cc4)ccc2-3)[nH]1)C(C)C.COC(=O)N[C@H](C(=O)N1CC2(CC2)C[C@H]1c1ncc(-c2ccc3c(c2)C(F)(F)c2cc(-c4ccc(-c5cnc([C@@H]6CCCN6C(=O)[C@@H](NC(=O)OC)C6CCOCC6)[nH]5)cc4)ccc2-3)[nH]1)C(C)C.COC(=O)N[C@H](C(=O)O)C1CCOCC1. The molecule has 33 nitrogen and oxygen atoms in total. The average molecular weight is 1980 g/mol. The first-order valence-corrected chi connectivity index (χ1v) is 49.4. The van der Waals surface area contributed by atoms with Gasteiger partial charge in [0.1, 0.15) is 53.1 Å². The van der Waals surface area contributed by atoms with Crippen LogP contribution >= 0.6 is 0 Å². The number of aromatic amines is 4. The Labute approximate surface area is 830 Å². The van der Waals surface area contributed by atoms with Gasteiger partial charge in [-0.25, -0.2) is 48.7 Å². The average Bonchev–Trinajstić information content (AvgIpc) is 1.57. The van der Waals surface area contributed by atoms with Gasteiger partial charge in [-0.2, -0.15) is 17.6 Å². The number of likely N-dealkylation sites (tertiary alicyclic amines) is 4. The number of benzene rings is 6. The molecule has 4 aromatic heterocycles. The summed E-state index contributed by atoms with van der Waals surface area (Å²) in [4.78, 5) is 153. The molecule has 2 saturated carbocycles. The largest absolute Gasteiger partial charge is 0.480 e. The van der Waals surface area contributed by atoms with Crippen LogP contribution in [0.1, 0.15) is 208 Å².